The molecule has 0 aliphatic heterocycles. The second kappa shape index (κ2) is 11.1. The van der Waals surface area contributed by atoms with Crippen molar-refractivity contribution in [1.29, 1.82) is 0 Å². The topological polar surface area (TPSA) is 86.7 Å². The molecule has 0 aliphatic carbocycles. The van der Waals surface area contributed by atoms with Crippen molar-refractivity contribution in [3.63, 3.8) is 0 Å². The number of hydrogen-bond acceptors (Lipinski definition) is 6. The van der Waals surface area contributed by atoms with Gasteiger partial charge in [0.2, 0.25) is 0 Å². The summed E-state index contributed by atoms with van der Waals surface area (Å²) in [5.74, 6) is -1.75. The van der Waals surface area contributed by atoms with E-state index in [9.17, 15) is 19.2 Å². The second-order valence-corrected chi connectivity index (χ2v) is 8.02. The molecule has 0 saturated carbocycles. The second-order valence-electron chi connectivity index (χ2n) is 8.02. The molecule has 6 nitrogen and oxygen atoms in total. The van der Waals surface area contributed by atoms with Crippen LogP contribution >= 0.6 is 0 Å². The first kappa shape index (κ1) is 24.3. The molecule has 0 unspecified atom stereocenters. The van der Waals surface area contributed by atoms with E-state index in [1.807, 2.05) is 19.1 Å². The van der Waals surface area contributed by atoms with E-state index in [4.69, 9.17) is 9.47 Å². The van der Waals surface area contributed by atoms with Gasteiger partial charge in [-0.15, -0.1) is 0 Å². The fraction of sp³-hybridized carbons (Fsp3) is 0.0667. The quantitative estimate of drug-likeness (QED) is 0.189. The van der Waals surface area contributed by atoms with Crippen molar-refractivity contribution in [2.75, 3.05) is 6.61 Å². The van der Waals surface area contributed by atoms with Crippen molar-refractivity contribution >= 4 is 23.5 Å². The van der Waals surface area contributed by atoms with Crippen LogP contribution in [-0.2, 0) is 4.74 Å². The highest BCUT2D eigenvalue weighted by Gasteiger charge is 2.20. The van der Waals surface area contributed by atoms with E-state index >= 15 is 0 Å². The molecule has 0 amide bonds. The molecule has 0 saturated heterocycles. The van der Waals surface area contributed by atoms with E-state index in [0.29, 0.717) is 11.1 Å². The molecular weight excluding hydrogens is 456 g/mol. The van der Waals surface area contributed by atoms with Crippen LogP contribution in [0.15, 0.2) is 103 Å². The van der Waals surface area contributed by atoms with E-state index in [0.717, 1.165) is 5.56 Å². The largest absolute Gasteiger partial charge is 0.454 e. The molecule has 0 aliphatic rings. The molecule has 4 aromatic rings. The average molecular weight is 479 g/mol. The van der Waals surface area contributed by atoms with Gasteiger partial charge in [0.05, 0.1) is 11.1 Å². The summed E-state index contributed by atoms with van der Waals surface area (Å²) in [5, 5.41) is 0. The summed E-state index contributed by atoms with van der Waals surface area (Å²) in [7, 11) is 0. The Morgan fingerprint density at radius 3 is 1.83 bits per heavy atom. The molecule has 4 rings (SSSR count). The predicted molar refractivity (Wildman–Crippen MR) is 134 cm³/mol. The van der Waals surface area contributed by atoms with Gasteiger partial charge >= 0.3 is 11.9 Å². The average Bonchev–Trinajstić information content (AvgIpc) is 2.92. The first-order valence-corrected chi connectivity index (χ1v) is 11.2. The third kappa shape index (κ3) is 5.80. The van der Waals surface area contributed by atoms with Crippen LogP contribution < -0.4 is 4.74 Å². The van der Waals surface area contributed by atoms with Crippen LogP contribution in [0.3, 0.4) is 0 Å². The van der Waals surface area contributed by atoms with Gasteiger partial charge in [-0.25, -0.2) is 9.59 Å². The summed E-state index contributed by atoms with van der Waals surface area (Å²) in [6.07, 6.45) is 0. The maximum absolute atomic E-state index is 12.8. The molecular formula is C30H22O6. The highest BCUT2D eigenvalue weighted by atomic mass is 16.5. The van der Waals surface area contributed by atoms with Crippen molar-refractivity contribution in [3.05, 3.63) is 137 Å². The van der Waals surface area contributed by atoms with Gasteiger partial charge in [0, 0.05) is 16.7 Å². The lowest BCUT2D eigenvalue weighted by atomic mass is 9.98. The highest BCUT2D eigenvalue weighted by molar-refractivity contribution is 6.14. The minimum atomic E-state index is -0.771. The molecule has 0 aromatic heterocycles. The maximum atomic E-state index is 12.8. The number of carbonyl (C=O) groups is 4. The number of benzene rings is 4. The van der Waals surface area contributed by atoms with Crippen molar-refractivity contribution in [2.24, 2.45) is 0 Å². The number of ketones is 2. The molecule has 0 heterocycles. The Bertz CT molecular complexity index is 1400. The molecule has 0 fully saturated rings. The first-order valence-electron chi connectivity index (χ1n) is 11.2. The van der Waals surface area contributed by atoms with Gasteiger partial charge in [-0.3, -0.25) is 9.59 Å². The van der Waals surface area contributed by atoms with Crippen molar-refractivity contribution < 1.29 is 28.7 Å². The molecule has 0 N–H and O–H groups in total. The van der Waals surface area contributed by atoms with Crippen molar-refractivity contribution in [3.8, 4) is 5.75 Å². The lowest BCUT2D eigenvalue weighted by Crippen LogP contribution is -2.17. The van der Waals surface area contributed by atoms with Gasteiger partial charge in [-0.05, 0) is 49.4 Å². The fourth-order valence-corrected chi connectivity index (χ4v) is 3.46. The Balaban J connectivity index is 1.37. The number of carbonyl (C=O) groups excluding carboxylic acids is 4. The van der Waals surface area contributed by atoms with Gasteiger partial charge in [-0.2, -0.15) is 0 Å². The highest BCUT2D eigenvalue weighted by Crippen LogP contribution is 2.18. The van der Waals surface area contributed by atoms with Crippen LogP contribution in [0.25, 0.3) is 0 Å². The third-order valence-electron chi connectivity index (χ3n) is 5.44. The Kier molecular flexibility index (Phi) is 7.46. The van der Waals surface area contributed by atoms with E-state index in [1.54, 1.807) is 60.7 Å². The van der Waals surface area contributed by atoms with Crippen LogP contribution in [0, 0.1) is 6.92 Å². The zero-order valence-electron chi connectivity index (χ0n) is 19.5. The van der Waals surface area contributed by atoms with Gasteiger partial charge in [0.25, 0.3) is 0 Å². The maximum Gasteiger partial charge on any atom is 0.343 e. The Hall–Kier alpha value is -4.84. The van der Waals surface area contributed by atoms with E-state index in [2.05, 4.69) is 0 Å². The van der Waals surface area contributed by atoms with Gasteiger partial charge in [0.15, 0.2) is 18.2 Å². The number of hydrogen-bond donors (Lipinski definition) is 0. The molecule has 0 spiro atoms. The van der Waals surface area contributed by atoms with Crippen LogP contribution in [0.4, 0.5) is 0 Å². The molecule has 36 heavy (non-hydrogen) atoms. The Morgan fingerprint density at radius 1 is 0.583 bits per heavy atom. The minimum Gasteiger partial charge on any atom is -0.454 e. The van der Waals surface area contributed by atoms with Gasteiger partial charge in [-0.1, -0.05) is 66.2 Å². The zero-order chi connectivity index (χ0) is 25.5. The number of ether oxygens (including phenoxy) is 2. The standard InChI is InChI=1S/C30H22O6/c1-20-11-13-23(14-12-20)29(33)36-24-17-15-21(16-18-24)27(31)19-35-30(34)26-10-6-5-9-25(26)28(32)22-7-3-2-4-8-22/h2-18H,19H2,1H3. The van der Waals surface area contributed by atoms with Crippen LogP contribution in [-0.4, -0.2) is 30.1 Å². The van der Waals surface area contributed by atoms with Crippen molar-refractivity contribution in [1.82, 2.24) is 0 Å². The summed E-state index contributed by atoms with van der Waals surface area (Å²) in [4.78, 5) is 50.3. The van der Waals surface area contributed by atoms with Crippen molar-refractivity contribution in [2.45, 2.75) is 6.92 Å². The van der Waals surface area contributed by atoms with Crippen LogP contribution in [0.2, 0.25) is 0 Å². The zero-order valence-corrected chi connectivity index (χ0v) is 19.5. The Labute approximate surface area is 208 Å². The summed E-state index contributed by atoms with van der Waals surface area (Å²) in [5.41, 5.74) is 2.45. The molecule has 0 atom stereocenters. The lowest BCUT2D eigenvalue weighted by Gasteiger charge is -2.09. The summed E-state index contributed by atoms with van der Waals surface area (Å²) < 4.78 is 10.5. The smallest absolute Gasteiger partial charge is 0.343 e. The fourth-order valence-electron chi connectivity index (χ4n) is 3.46. The molecule has 6 heteroatoms. The van der Waals surface area contributed by atoms with Gasteiger partial charge < -0.3 is 9.47 Å². The third-order valence-corrected chi connectivity index (χ3v) is 5.44. The SMILES string of the molecule is Cc1ccc(C(=O)Oc2ccc(C(=O)COC(=O)c3ccccc3C(=O)c3ccccc3)cc2)cc1. The molecule has 0 bridgehead atoms. The number of rotatable bonds is 8. The minimum absolute atomic E-state index is 0.0810. The first-order chi connectivity index (χ1) is 17.4. The van der Waals surface area contributed by atoms with Crippen LogP contribution in [0.5, 0.6) is 5.75 Å². The molecule has 4 aromatic carbocycles. The number of esters is 2. The summed E-state index contributed by atoms with van der Waals surface area (Å²) in [6, 6.07) is 27.9. The van der Waals surface area contributed by atoms with Crippen LogP contribution in [0.1, 0.15) is 52.6 Å². The van der Waals surface area contributed by atoms with E-state index in [1.165, 1.54) is 30.3 Å². The van der Waals surface area contributed by atoms with E-state index < -0.39 is 24.3 Å². The predicted octanol–water partition coefficient (Wildman–Crippen LogP) is 5.48. The Morgan fingerprint density at radius 2 is 1.17 bits per heavy atom. The summed E-state index contributed by atoms with van der Waals surface area (Å²) in [6.45, 7) is 1.42. The molecule has 178 valence electrons. The lowest BCUT2D eigenvalue weighted by molar-refractivity contribution is 0.0472. The monoisotopic (exact) mass is 478 g/mol. The number of Topliss-reactive ketones (excluding diaryl/α,β-unsaturated/α-hetero) is 1. The molecule has 0 radical (unpaired) electrons. The van der Waals surface area contributed by atoms with E-state index in [-0.39, 0.29) is 28.2 Å². The normalized spacial score (nSPS) is 10.4. The van der Waals surface area contributed by atoms with Gasteiger partial charge in [0.1, 0.15) is 5.75 Å². The number of aryl methyl sites for hydroxylation is 1. The summed E-state index contributed by atoms with van der Waals surface area (Å²) >= 11 is 0.